The third-order valence-electron chi connectivity index (χ3n) is 2.19. The lowest BCUT2D eigenvalue weighted by Gasteiger charge is -2.19. The number of rotatable bonds is 7. The molecular formula is C10H20N2O3. The lowest BCUT2D eigenvalue weighted by molar-refractivity contribution is -0.142. The number of nitrogens with zero attached hydrogens (tertiary/aromatic N) is 1. The van der Waals surface area contributed by atoms with E-state index in [9.17, 15) is 9.59 Å². The van der Waals surface area contributed by atoms with Gasteiger partial charge in [0.15, 0.2) is 0 Å². The van der Waals surface area contributed by atoms with Crippen LogP contribution in [0.2, 0.25) is 0 Å². The van der Waals surface area contributed by atoms with Crippen LogP contribution in [-0.4, -0.2) is 48.6 Å². The Labute approximate surface area is 90.5 Å². The van der Waals surface area contributed by atoms with Crippen LogP contribution in [0.25, 0.3) is 0 Å². The predicted octanol–water partition coefficient (Wildman–Crippen LogP) is 0.308. The minimum Gasteiger partial charge on any atom is -0.480 e. The molecule has 1 amide bonds. The molecule has 0 bridgehead atoms. The van der Waals surface area contributed by atoms with Crippen molar-refractivity contribution in [2.75, 3.05) is 20.6 Å². The van der Waals surface area contributed by atoms with E-state index in [0.717, 1.165) is 12.8 Å². The Kier molecular flexibility index (Phi) is 6.70. The molecule has 0 aromatic carbocycles. The first-order chi connectivity index (χ1) is 6.95. The van der Waals surface area contributed by atoms with Crippen molar-refractivity contribution in [3.05, 3.63) is 0 Å². The van der Waals surface area contributed by atoms with Gasteiger partial charge in [0.1, 0.15) is 6.04 Å². The summed E-state index contributed by atoms with van der Waals surface area (Å²) >= 11 is 0. The summed E-state index contributed by atoms with van der Waals surface area (Å²) in [6.45, 7) is 2.09. The van der Waals surface area contributed by atoms with E-state index in [-0.39, 0.29) is 5.91 Å². The van der Waals surface area contributed by atoms with Crippen LogP contribution in [0.5, 0.6) is 0 Å². The van der Waals surface area contributed by atoms with E-state index in [1.165, 1.54) is 6.92 Å². The highest BCUT2D eigenvalue weighted by atomic mass is 16.4. The molecule has 2 N–H and O–H groups in total. The molecule has 0 heterocycles. The second kappa shape index (κ2) is 7.23. The molecule has 88 valence electrons. The lowest BCUT2D eigenvalue weighted by Crippen LogP contribution is -2.35. The number of carbonyl (C=O) groups is 2. The maximum absolute atomic E-state index is 10.8. The molecule has 0 aromatic heterocycles. The molecule has 0 aromatic rings. The second-order valence-corrected chi connectivity index (χ2v) is 3.80. The Hall–Kier alpha value is -1.10. The van der Waals surface area contributed by atoms with Crippen LogP contribution >= 0.6 is 0 Å². The Balaban J connectivity index is 3.63. The molecule has 15 heavy (non-hydrogen) atoms. The molecule has 0 spiro atoms. The summed E-state index contributed by atoms with van der Waals surface area (Å²) in [4.78, 5) is 23.0. The standard InChI is InChI=1S/C10H20N2O3/c1-8(13)11-7-5-4-6-9(10(14)15)12(2)3/h9H,4-7H2,1-3H3,(H,11,13)(H,14,15)/t9-/m0/s1. The number of aliphatic carboxylic acids is 1. The van der Waals surface area contributed by atoms with Crippen molar-refractivity contribution in [3.63, 3.8) is 0 Å². The van der Waals surface area contributed by atoms with E-state index in [1.54, 1.807) is 19.0 Å². The van der Waals surface area contributed by atoms with Gasteiger partial charge in [-0.25, -0.2) is 0 Å². The summed E-state index contributed by atoms with van der Waals surface area (Å²) < 4.78 is 0. The van der Waals surface area contributed by atoms with Gasteiger partial charge in [0.25, 0.3) is 0 Å². The number of amides is 1. The summed E-state index contributed by atoms with van der Waals surface area (Å²) in [7, 11) is 3.51. The monoisotopic (exact) mass is 216 g/mol. The molecule has 5 nitrogen and oxygen atoms in total. The number of hydrogen-bond donors (Lipinski definition) is 2. The van der Waals surface area contributed by atoms with Crippen molar-refractivity contribution >= 4 is 11.9 Å². The minimum absolute atomic E-state index is 0.0441. The van der Waals surface area contributed by atoms with Gasteiger partial charge in [-0.05, 0) is 33.4 Å². The number of carboxylic acid groups (broad SMARTS) is 1. The summed E-state index contributed by atoms with van der Waals surface area (Å²) in [6.07, 6.45) is 2.23. The highest BCUT2D eigenvalue weighted by molar-refractivity contribution is 5.73. The van der Waals surface area contributed by atoms with Crippen LogP contribution in [0.1, 0.15) is 26.2 Å². The van der Waals surface area contributed by atoms with Gasteiger partial charge in [-0.3, -0.25) is 14.5 Å². The van der Waals surface area contributed by atoms with E-state index >= 15 is 0 Å². The van der Waals surface area contributed by atoms with Gasteiger partial charge < -0.3 is 10.4 Å². The molecular weight excluding hydrogens is 196 g/mol. The van der Waals surface area contributed by atoms with E-state index in [0.29, 0.717) is 13.0 Å². The summed E-state index contributed by atoms with van der Waals surface area (Å²) in [5.41, 5.74) is 0. The topological polar surface area (TPSA) is 69.6 Å². The zero-order valence-corrected chi connectivity index (χ0v) is 9.62. The zero-order valence-electron chi connectivity index (χ0n) is 9.62. The number of nitrogens with one attached hydrogen (secondary N) is 1. The first kappa shape index (κ1) is 13.9. The predicted molar refractivity (Wildman–Crippen MR) is 57.6 cm³/mol. The van der Waals surface area contributed by atoms with Crippen molar-refractivity contribution in [1.82, 2.24) is 10.2 Å². The summed E-state index contributed by atoms with van der Waals surface area (Å²) in [5.74, 6) is -0.836. The van der Waals surface area contributed by atoms with Gasteiger partial charge in [-0.15, -0.1) is 0 Å². The molecule has 0 saturated heterocycles. The van der Waals surface area contributed by atoms with E-state index in [1.807, 2.05) is 0 Å². The molecule has 0 saturated carbocycles. The largest absolute Gasteiger partial charge is 0.480 e. The number of hydrogen-bond acceptors (Lipinski definition) is 3. The molecule has 0 aliphatic rings. The van der Waals surface area contributed by atoms with Crippen molar-refractivity contribution in [2.45, 2.75) is 32.2 Å². The molecule has 0 aliphatic heterocycles. The quantitative estimate of drug-likeness (QED) is 0.601. The zero-order chi connectivity index (χ0) is 11.8. The number of carbonyl (C=O) groups excluding carboxylic acids is 1. The van der Waals surface area contributed by atoms with Crippen LogP contribution in [0.4, 0.5) is 0 Å². The van der Waals surface area contributed by atoms with Gasteiger partial charge in [-0.1, -0.05) is 0 Å². The van der Waals surface area contributed by atoms with Crippen LogP contribution < -0.4 is 5.32 Å². The van der Waals surface area contributed by atoms with E-state index < -0.39 is 12.0 Å². The highest BCUT2D eigenvalue weighted by Gasteiger charge is 2.18. The first-order valence-electron chi connectivity index (χ1n) is 5.08. The minimum atomic E-state index is -0.792. The number of unbranched alkanes of at least 4 members (excludes halogenated alkanes) is 1. The summed E-state index contributed by atoms with van der Waals surface area (Å²) in [5, 5.41) is 11.6. The maximum Gasteiger partial charge on any atom is 0.320 e. The lowest BCUT2D eigenvalue weighted by atomic mass is 10.1. The molecule has 0 radical (unpaired) electrons. The fourth-order valence-electron chi connectivity index (χ4n) is 1.33. The van der Waals surface area contributed by atoms with Crippen molar-refractivity contribution in [3.8, 4) is 0 Å². The second-order valence-electron chi connectivity index (χ2n) is 3.80. The maximum atomic E-state index is 10.8. The molecule has 0 rings (SSSR count). The fourth-order valence-corrected chi connectivity index (χ4v) is 1.33. The molecule has 0 aliphatic carbocycles. The Bertz CT molecular complexity index is 217. The molecule has 5 heteroatoms. The summed E-state index contributed by atoms with van der Waals surface area (Å²) in [6, 6.07) is -0.428. The molecule has 0 fully saturated rings. The average molecular weight is 216 g/mol. The van der Waals surface area contributed by atoms with Crippen LogP contribution in [0.15, 0.2) is 0 Å². The highest BCUT2D eigenvalue weighted by Crippen LogP contribution is 2.05. The van der Waals surface area contributed by atoms with Gasteiger partial charge in [0, 0.05) is 13.5 Å². The first-order valence-corrected chi connectivity index (χ1v) is 5.08. The van der Waals surface area contributed by atoms with Crippen molar-refractivity contribution in [2.24, 2.45) is 0 Å². The van der Waals surface area contributed by atoms with Crippen LogP contribution in [0, 0.1) is 0 Å². The van der Waals surface area contributed by atoms with Gasteiger partial charge in [-0.2, -0.15) is 0 Å². The molecule has 0 unspecified atom stereocenters. The van der Waals surface area contributed by atoms with E-state index in [2.05, 4.69) is 5.32 Å². The average Bonchev–Trinajstić information content (AvgIpc) is 2.08. The normalized spacial score (nSPS) is 12.5. The van der Waals surface area contributed by atoms with Gasteiger partial charge >= 0.3 is 5.97 Å². The Morgan fingerprint density at radius 1 is 1.33 bits per heavy atom. The van der Waals surface area contributed by atoms with Gasteiger partial charge in [0.05, 0.1) is 0 Å². The number of likely N-dealkylation sites (N-methyl/N-ethyl adjacent to an activating group) is 1. The van der Waals surface area contributed by atoms with Crippen LogP contribution in [0.3, 0.4) is 0 Å². The van der Waals surface area contributed by atoms with E-state index in [4.69, 9.17) is 5.11 Å². The third-order valence-corrected chi connectivity index (χ3v) is 2.19. The van der Waals surface area contributed by atoms with Crippen LogP contribution in [-0.2, 0) is 9.59 Å². The molecule has 1 atom stereocenters. The third kappa shape index (κ3) is 6.90. The Morgan fingerprint density at radius 2 is 1.93 bits per heavy atom. The Morgan fingerprint density at radius 3 is 2.33 bits per heavy atom. The fraction of sp³-hybridized carbons (Fsp3) is 0.800. The van der Waals surface area contributed by atoms with Crippen molar-refractivity contribution in [1.29, 1.82) is 0 Å². The van der Waals surface area contributed by atoms with Crippen molar-refractivity contribution < 1.29 is 14.7 Å². The van der Waals surface area contributed by atoms with Gasteiger partial charge in [0.2, 0.25) is 5.91 Å². The number of carboxylic acids is 1. The SMILES string of the molecule is CC(=O)NCCCC[C@@H](C(=O)O)N(C)C. The smallest absolute Gasteiger partial charge is 0.320 e.